The molecule has 0 bridgehead atoms. The van der Waals surface area contributed by atoms with Crippen molar-refractivity contribution in [3.05, 3.63) is 35.5 Å². The van der Waals surface area contributed by atoms with Crippen LogP contribution in [0.3, 0.4) is 0 Å². The van der Waals surface area contributed by atoms with Crippen LogP contribution >= 0.6 is 23.6 Å². The van der Waals surface area contributed by atoms with E-state index in [1.807, 2.05) is 5.38 Å². The Labute approximate surface area is 157 Å². The van der Waals surface area contributed by atoms with E-state index in [1.54, 1.807) is 23.5 Å². The molecule has 2 heterocycles. The Morgan fingerprint density at radius 3 is 2.56 bits per heavy atom. The number of benzene rings is 1. The molecule has 0 radical (unpaired) electrons. The van der Waals surface area contributed by atoms with Crippen LogP contribution in [0.25, 0.3) is 11.3 Å². The second-order valence-electron chi connectivity index (χ2n) is 6.58. The van der Waals surface area contributed by atoms with Gasteiger partial charge in [-0.25, -0.2) is 9.37 Å². The number of rotatable bonds is 4. The lowest BCUT2D eigenvalue weighted by Gasteiger charge is -2.36. The van der Waals surface area contributed by atoms with Crippen molar-refractivity contribution in [1.82, 2.24) is 15.2 Å². The summed E-state index contributed by atoms with van der Waals surface area (Å²) in [5.74, 6) is 0.358. The number of nitrogens with one attached hydrogen (secondary N) is 1. The van der Waals surface area contributed by atoms with Gasteiger partial charge in [0.05, 0.1) is 5.69 Å². The smallest absolute Gasteiger partial charge is 0.185 e. The molecule has 1 aliphatic rings. The van der Waals surface area contributed by atoms with Crippen molar-refractivity contribution in [3.63, 3.8) is 0 Å². The van der Waals surface area contributed by atoms with Gasteiger partial charge < -0.3 is 15.1 Å². The quantitative estimate of drug-likeness (QED) is 0.822. The van der Waals surface area contributed by atoms with E-state index in [9.17, 15) is 4.39 Å². The van der Waals surface area contributed by atoms with Crippen LogP contribution in [0.15, 0.2) is 29.6 Å². The van der Waals surface area contributed by atoms with Crippen LogP contribution in [-0.4, -0.2) is 47.7 Å². The van der Waals surface area contributed by atoms with Crippen molar-refractivity contribution in [3.8, 4) is 11.3 Å². The molecule has 0 unspecified atom stereocenters. The van der Waals surface area contributed by atoms with Gasteiger partial charge in [0.1, 0.15) is 5.82 Å². The maximum absolute atomic E-state index is 13.1. The van der Waals surface area contributed by atoms with Gasteiger partial charge in [-0.15, -0.1) is 11.3 Å². The number of aromatic nitrogens is 1. The summed E-state index contributed by atoms with van der Waals surface area (Å²) in [4.78, 5) is 9.23. The third kappa shape index (κ3) is 4.67. The maximum atomic E-state index is 13.1. The Morgan fingerprint density at radius 1 is 1.24 bits per heavy atom. The topological polar surface area (TPSA) is 31.4 Å². The summed E-state index contributed by atoms with van der Waals surface area (Å²) < 4.78 is 13.1. The zero-order valence-corrected chi connectivity index (χ0v) is 16.2. The van der Waals surface area contributed by atoms with Crippen LogP contribution in [0.4, 0.5) is 9.52 Å². The van der Waals surface area contributed by atoms with E-state index >= 15 is 0 Å². The van der Waals surface area contributed by atoms with E-state index in [2.05, 4.69) is 29.0 Å². The molecule has 25 heavy (non-hydrogen) atoms. The molecular weight excluding hydrogens is 355 g/mol. The summed E-state index contributed by atoms with van der Waals surface area (Å²) in [7, 11) is 0. The molecule has 4 nitrogen and oxygen atoms in total. The lowest BCUT2D eigenvalue weighted by Crippen LogP contribution is -2.52. The predicted octanol–water partition coefficient (Wildman–Crippen LogP) is 3.60. The van der Waals surface area contributed by atoms with Crippen molar-refractivity contribution in [1.29, 1.82) is 0 Å². The molecule has 0 atom stereocenters. The monoisotopic (exact) mass is 378 g/mol. The van der Waals surface area contributed by atoms with Crippen LogP contribution in [0, 0.1) is 11.7 Å². The molecular formula is C18H23FN4S2. The van der Waals surface area contributed by atoms with E-state index in [0.717, 1.165) is 54.2 Å². The molecule has 1 saturated heterocycles. The van der Waals surface area contributed by atoms with Crippen LogP contribution in [0.2, 0.25) is 0 Å². The van der Waals surface area contributed by atoms with Crippen molar-refractivity contribution in [2.45, 2.75) is 13.8 Å². The fraction of sp³-hybridized carbons (Fsp3) is 0.444. The normalized spacial score (nSPS) is 14.9. The highest BCUT2D eigenvalue weighted by atomic mass is 32.1. The molecule has 1 N–H and O–H groups in total. The Kier molecular flexibility index (Phi) is 5.86. The van der Waals surface area contributed by atoms with Crippen molar-refractivity contribution >= 4 is 33.8 Å². The molecule has 1 fully saturated rings. The summed E-state index contributed by atoms with van der Waals surface area (Å²) in [6.45, 7) is 8.86. The average molecular weight is 379 g/mol. The van der Waals surface area contributed by atoms with Crippen molar-refractivity contribution in [2.75, 3.05) is 37.6 Å². The lowest BCUT2D eigenvalue weighted by molar-refractivity contribution is 0.377. The Morgan fingerprint density at radius 2 is 1.92 bits per heavy atom. The standard InChI is InChI=1S/C18H23FN4S2/c1-13(2)11-20-17(24)22-7-9-23(10-8-22)18-21-16(12-25-18)14-3-5-15(19)6-4-14/h3-6,12-13H,7-11H2,1-2H3,(H,20,24). The summed E-state index contributed by atoms with van der Waals surface area (Å²) in [5, 5.41) is 7.22. The molecule has 2 aromatic rings. The average Bonchev–Trinajstić information content (AvgIpc) is 3.10. The molecule has 0 saturated carbocycles. The van der Waals surface area contributed by atoms with Gasteiger partial charge in [0, 0.05) is 43.7 Å². The van der Waals surface area contributed by atoms with Crippen LogP contribution in [-0.2, 0) is 0 Å². The molecule has 0 spiro atoms. The molecule has 7 heteroatoms. The summed E-state index contributed by atoms with van der Waals surface area (Å²) in [5.41, 5.74) is 1.85. The first-order valence-electron chi connectivity index (χ1n) is 8.52. The minimum atomic E-state index is -0.225. The number of thiazole rings is 1. The minimum absolute atomic E-state index is 0.225. The first-order chi connectivity index (χ1) is 12.0. The SMILES string of the molecule is CC(C)CNC(=S)N1CCN(c2nc(-c3ccc(F)cc3)cs2)CC1. The minimum Gasteiger partial charge on any atom is -0.362 e. The van der Waals surface area contributed by atoms with Gasteiger partial charge in [0.2, 0.25) is 0 Å². The van der Waals surface area contributed by atoms with Crippen LogP contribution in [0.5, 0.6) is 0 Å². The van der Waals surface area contributed by atoms with Gasteiger partial charge in [0.25, 0.3) is 0 Å². The number of nitrogens with zero attached hydrogens (tertiary/aromatic N) is 3. The zero-order valence-electron chi connectivity index (χ0n) is 14.5. The van der Waals surface area contributed by atoms with Gasteiger partial charge >= 0.3 is 0 Å². The van der Waals surface area contributed by atoms with Gasteiger partial charge in [-0.1, -0.05) is 13.8 Å². The number of halogens is 1. The maximum Gasteiger partial charge on any atom is 0.185 e. The fourth-order valence-electron chi connectivity index (χ4n) is 2.67. The molecule has 1 aliphatic heterocycles. The van der Waals surface area contributed by atoms with E-state index in [0.29, 0.717) is 5.92 Å². The summed E-state index contributed by atoms with van der Waals surface area (Å²) >= 11 is 7.11. The second-order valence-corrected chi connectivity index (χ2v) is 7.80. The van der Waals surface area contributed by atoms with Crippen LogP contribution < -0.4 is 10.2 Å². The highest BCUT2D eigenvalue weighted by Gasteiger charge is 2.21. The molecule has 3 rings (SSSR count). The van der Waals surface area contributed by atoms with E-state index in [4.69, 9.17) is 17.2 Å². The van der Waals surface area contributed by atoms with Gasteiger partial charge in [0.15, 0.2) is 10.2 Å². The Hall–Kier alpha value is -1.73. The largest absolute Gasteiger partial charge is 0.362 e. The van der Waals surface area contributed by atoms with Crippen molar-refractivity contribution in [2.24, 2.45) is 5.92 Å². The molecule has 1 aromatic heterocycles. The number of thiocarbonyl (C=S) groups is 1. The number of piperazine rings is 1. The van der Waals surface area contributed by atoms with E-state index < -0.39 is 0 Å². The second kappa shape index (κ2) is 8.10. The van der Waals surface area contributed by atoms with E-state index in [1.165, 1.54) is 12.1 Å². The third-order valence-corrected chi connectivity index (χ3v) is 5.43. The first kappa shape index (κ1) is 18.1. The predicted molar refractivity (Wildman–Crippen MR) is 107 cm³/mol. The Bertz CT molecular complexity index is 706. The van der Waals surface area contributed by atoms with Crippen LogP contribution in [0.1, 0.15) is 13.8 Å². The third-order valence-electron chi connectivity index (χ3n) is 4.13. The Balaban J connectivity index is 1.56. The highest BCUT2D eigenvalue weighted by molar-refractivity contribution is 7.80. The molecule has 134 valence electrons. The van der Waals surface area contributed by atoms with Gasteiger partial charge in [-0.3, -0.25) is 0 Å². The van der Waals surface area contributed by atoms with E-state index in [-0.39, 0.29) is 5.82 Å². The highest BCUT2D eigenvalue weighted by Crippen LogP contribution is 2.28. The number of anilines is 1. The molecule has 1 aromatic carbocycles. The van der Waals surface area contributed by atoms with Crippen molar-refractivity contribution < 1.29 is 4.39 Å². The summed E-state index contributed by atoms with van der Waals surface area (Å²) in [6.07, 6.45) is 0. The summed E-state index contributed by atoms with van der Waals surface area (Å²) in [6, 6.07) is 6.48. The lowest BCUT2D eigenvalue weighted by atomic mass is 10.2. The molecule has 0 aliphatic carbocycles. The fourth-order valence-corrected chi connectivity index (χ4v) is 3.82. The van der Waals surface area contributed by atoms with Gasteiger partial charge in [-0.05, 0) is 42.4 Å². The number of hydrogen-bond acceptors (Lipinski definition) is 4. The molecule has 0 amide bonds. The zero-order chi connectivity index (χ0) is 17.8. The number of hydrogen-bond donors (Lipinski definition) is 1. The van der Waals surface area contributed by atoms with Gasteiger partial charge in [-0.2, -0.15) is 0 Å². The first-order valence-corrected chi connectivity index (χ1v) is 9.81.